The maximum Gasteiger partial charge on any atom is 0.414 e. The van der Waals surface area contributed by atoms with E-state index in [2.05, 4.69) is 15.3 Å². The van der Waals surface area contributed by atoms with E-state index in [1.54, 1.807) is 36.1 Å². The molecule has 0 radical (unpaired) electrons. The van der Waals surface area contributed by atoms with Gasteiger partial charge in [-0.05, 0) is 55.7 Å². The van der Waals surface area contributed by atoms with Crippen LogP contribution in [0.15, 0.2) is 52.9 Å². The fraction of sp³-hybridized carbons (Fsp3) is 0.296. The Bertz CT molecular complexity index is 1570. The standard InChI is InChI=1S/C27H25N5O6/c1-15-28-23-19-4-2-3-5-21(19)38-24(23)25(29-15)32-14-16(12-20(32)26(34)35)13-22(33)30-17-6-8-18(9-7-17)31-10-11-37-27(31)36/h2-9,16,20H,10-14H2,1H3,(H,30,33)(H,34,35)/t16-,20+/m1/s1. The number of anilines is 3. The van der Waals surface area contributed by atoms with E-state index in [9.17, 15) is 19.5 Å². The number of amides is 2. The van der Waals surface area contributed by atoms with E-state index in [1.165, 1.54) is 4.90 Å². The molecule has 0 saturated carbocycles. The maximum atomic E-state index is 12.9. The van der Waals surface area contributed by atoms with Gasteiger partial charge in [-0.15, -0.1) is 0 Å². The number of nitrogens with one attached hydrogen (secondary N) is 1. The number of benzene rings is 2. The Morgan fingerprint density at radius 1 is 1.13 bits per heavy atom. The average molecular weight is 516 g/mol. The summed E-state index contributed by atoms with van der Waals surface area (Å²) in [6.45, 7) is 2.94. The molecule has 2 atom stereocenters. The number of rotatable bonds is 6. The molecule has 2 amide bonds. The normalized spacial score (nSPS) is 19.3. The van der Waals surface area contributed by atoms with E-state index in [-0.39, 0.29) is 24.3 Å². The largest absolute Gasteiger partial charge is 0.480 e. The van der Waals surface area contributed by atoms with Gasteiger partial charge in [0.15, 0.2) is 11.4 Å². The van der Waals surface area contributed by atoms with Crippen LogP contribution < -0.4 is 15.1 Å². The Morgan fingerprint density at radius 2 is 1.92 bits per heavy atom. The Balaban J connectivity index is 1.19. The molecule has 4 heterocycles. The van der Waals surface area contributed by atoms with Gasteiger partial charge in [0.05, 0.1) is 6.54 Å². The van der Waals surface area contributed by atoms with Gasteiger partial charge in [-0.1, -0.05) is 12.1 Å². The Kier molecular flexibility index (Phi) is 5.82. The number of carbonyl (C=O) groups is 3. The number of fused-ring (bicyclic) bond motifs is 3. The number of nitrogens with zero attached hydrogens (tertiary/aromatic N) is 4. The van der Waals surface area contributed by atoms with Gasteiger partial charge in [-0.2, -0.15) is 0 Å². The molecule has 0 bridgehead atoms. The second kappa shape index (κ2) is 9.33. The van der Waals surface area contributed by atoms with Crippen molar-refractivity contribution in [3.63, 3.8) is 0 Å². The monoisotopic (exact) mass is 515 g/mol. The molecule has 4 aromatic rings. The van der Waals surface area contributed by atoms with E-state index in [0.29, 0.717) is 65.8 Å². The van der Waals surface area contributed by atoms with Crippen molar-refractivity contribution in [1.29, 1.82) is 0 Å². The van der Waals surface area contributed by atoms with Crippen molar-refractivity contribution in [3.8, 4) is 0 Å². The summed E-state index contributed by atoms with van der Waals surface area (Å²) in [6.07, 6.45) is 0.0523. The molecule has 2 N–H and O–H groups in total. The SMILES string of the molecule is Cc1nc(N2C[C@@H](CC(=O)Nc3ccc(N4CCOC4=O)cc3)C[C@H]2C(=O)O)c2oc3ccccc3c2n1. The topological polar surface area (TPSA) is 138 Å². The van der Waals surface area contributed by atoms with Crippen molar-refractivity contribution in [2.45, 2.75) is 25.8 Å². The zero-order valence-corrected chi connectivity index (χ0v) is 20.6. The summed E-state index contributed by atoms with van der Waals surface area (Å²) in [6, 6.07) is 13.6. The number of carboxylic acids is 1. The van der Waals surface area contributed by atoms with Crippen LogP contribution in [0, 0.1) is 12.8 Å². The minimum atomic E-state index is -0.982. The van der Waals surface area contributed by atoms with Crippen molar-refractivity contribution in [2.75, 3.05) is 34.8 Å². The number of aliphatic carboxylic acids is 1. The molecular weight excluding hydrogens is 490 g/mol. The van der Waals surface area contributed by atoms with E-state index >= 15 is 0 Å². The highest BCUT2D eigenvalue weighted by atomic mass is 16.6. The molecule has 194 valence electrons. The number of cyclic esters (lactones) is 1. The smallest absolute Gasteiger partial charge is 0.414 e. The van der Waals surface area contributed by atoms with Crippen LogP contribution in [0.5, 0.6) is 0 Å². The summed E-state index contributed by atoms with van der Waals surface area (Å²) in [5.41, 5.74) is 3.01. The second-order valence-corrected chi connectivity index (χ2v) is 9.54. The molecule has 2 fully saturated rings. The minimum absolute atomic E-state index is 0.147. The number of ether oxygens (including phenoxy) is 1. The zero-order valence-electron chi connectivity index (χ0n) is 20.6. The van der Waals surface area contributed by atoms with Crippen LogP contribution in [-0.4, -0.2) is 58.8 Å². The van der Waals surface area contributed by atoms with E-state index in [4.69, 9.17) is 9.15 Å². The van der Waals surface area contributed by atoms with Crippen LogP contribution in [0.4, 0.5) is 22.0 Å². The van der Waals surface area contributed by atoms with Crippen molar-refractivity contribution >= 4 is 57.2 Å². The van der Waals surface area contributed by atoms with Gasteiger partial charge < -0.3 is 24.5 Å². The number of furan rings is 1. The number of hydrogen-bond acceptors (Lipinski definition) is 8. The first-order chi connectivity index (χ1) is 18.4. The molecule has 11 heteroatoms. The Morgan fingerprint density at radius 3 is 2.66 bits per heavy atom. The molecule has 11 nitrogen and oxygen atoms in total. The molecule has 0 unspecified atom stereocenters. The molecule has 2 saturated heterocycles. The lowest BCUT2D eigenvalue weighted by atomic mass is 10.0. The second-order valence-electron chi connectivity index (χ2n) is 9.54. The summed E-state index contributed by atoms with van der Waals surface area (Å²) in [7, 11) is 0. The number of carbonyl (C=O) groups excluding carboxylic acids is 2. The van der Waals surface area contributed by atoms with Gasteiger partial charge in [0.25, 0.3) is 0 Å². The fourth-order valence-corrected chi connectivity index (χ4v) is 5.25. The Hall–Kier alpha value is -4.67. The average Bonchev–Trinajstić information content (AvgIpc) is 3.61. The number of aromatic nitrogens is 2. The first kappa shape index (κ1) is 23.7. The predicted molar refractivity (Wildman–Crippen MR) is 139 cm³/mol. The third-order valence-corrected chi connectivity index (χ3v) is 6.96. The summed E-state index contributed by atoms with van der Waals surface area (Å²) in [5.74, 6) is -0.471. The first-order valence-corrected chi connectivity index (χ1v) is 12.4. The fourth-order valence-electron chi connectivity index (χ4n) is 5.25. The van der Waals surface area contributed by atoms with E-state index in [1.807, 2.05) is 24.3 Å². The summed E-state index contributed by atoms with van der Waals surface area (Å²) in [4.78, 5) is 49.2. The van der Waals surface area contributed by atoms with E-state index < -0.39 is 12.0 Å². The maximum absolute atomic E-state index is 12.9. The highest BCUT2D eigenvalue weighted by Gasteiger charge is 2.40. The molecule has 2 aliphatic heterocycles. The van der Waals surface area contributed by atoms with Crippen LogP contribution in [0.1, 0.15) is 18.7 Å². The zero-order chi connectivity index (χ0) is 26.4. The van der Waals surface area contributed by atoms with Gasteiger partial charge in [-0.3, -0.25) is 9.69 Å². The first-order valence-electron chi connectivity index (χ1n) is 12.4. The van der Waals surface area contributed by atoms with Crippen LogP contribution in [0.25, 0.3) is 22.1 Å². The van der Waals surface area contributed by atoms with E-state index in [0.717, 1.165) is 5.39 Å². The lowest BCUT2D eigenvalue weighted by Crippen LogP contribution is -2.36. The lowest BCUT2D eigenvalue weighted by molar-refractivity contribution is -0.138. The van der Waals surface area contributed by atoms with Crippen LogP contribution in [-0.2, 0) is 14.3 Å². The van der Waals surface area contributed by atoms with Gasteiger partial charge in [0.1, 0.15) is 29.6 Å². The third-order valence-electron chi connectivity index (χ3n) is 6.96. The molecule has 0 spiro atoms. The van der Waals surface area contributed by atoms with Gasteiger partial charge in [0.2, 0.25) is 5.91 Å². The van der Waals surface area contributed by atoms with Gasteiger partial charge in [-0.25, -0.2) is 19.6 Å². The van der Waals surface area contributed by atoms with Crippen LogP contribution >= 0.6 is 0 Å². The highest BCUT2D eigenvalue weighted by molar-refractivity contribution is 6.06. The van der Waals surface area contributed by atoms with Crippen LogP contribution in [0.2, 0.25) is 0 Å². The number of para-hydroxylation sites is 1. The summed E-state index contributed by atoms with van der Waals surface area (Å²) in [5, 5.41) is 13.7. The Labute approximate surface area is 217 Å². The molecule has 0 aliphatic carbocycles. The molecule has 6 rings (SSSR count). The number of aryl methyl sites for hydroxylation is 1. The molecule has 2 aromatic carbocycles. The van der Waals surface area contributed by atoms with Crippen molar-refractivity contribution < 1.29 is 28.6 Å². The summed E-state index contributed by atoms with van der Waals surface area (Å²) >= 11 is 0. The molecule has 38 heavy (non-hydrogen) atoms. The highest BCUT2D eigenvalue weighted by Crippen LogP contribution is 2.37. The lowest BCUT2D eigenvalue weighted by Gasteiger charge is -2.22. The van der Waals surface area contributed by atoms with Crippen molar-refractivity contribution in [2.24, 2.45) is 5.92 Å². The van der Waals surface area contributed by atoms with Gasteiger partial charge >= 0.3 is 12.1 Å². The van der Waals surface area contributed by atoms with Crippen molar-refractivity contribution in [3.05, 3.63) is 54.4 Å². The van der Waals surface area contributed by atoms with Crippen molar-refractivity contribution in [1.82, 2.24) is 9.97 Å². The predicted octanol–water partition coefficient (Wildman–Crippen LogP) is 3.95. The number of hydrogen-bond donors (Lipinski definition) is 2. The summed E-state index contributed by atoms with van der Waals surface area (Å²) < 4.78 is 11.0. The quantitative estimate of drug-likeness (QED) is 0.391. The third kappa shape index (κ3) is 4.25. The minimum Gasteiger partial charge on any atom is -0.480 e. The number of carboxylic acid groups (broad SMARTS) is 1. The molecule has 2 aromatic heterocycles. The molecular formula is C27H25N5O6. The van der Waals surface area contributed by atoms with Crippen LogP contribution in [0.3, 0.4) is 0 Å². The molecule has 2 aliphatic rings. The van der Waals surface area contributed by atoms with Gasteiger partial charge in [0, 0.05) is 29.7 Å².